The van der Waals surface area contributed by atoms with Crippen molar-refractivity contribution in [2.24, 2.45) is 0 Å². The zero-order valence-corrected chi connectivity index (χ0v) is 12.5. The van der Waals surface area contributed by atoms with Gasteiger partial charge in [-0.15, -0.1) is 0 Å². The fraction of sp³-hybridized carbons (Fsp3) is 1.00. The maximum absolute atomic E-state index is 3.79. The molecule has 0 saturated heterocycles. The Morgan fingerprint density at radius 2 is 1.61 bits per heavy atom. The van der Waals surface area contributed by atoms with E-state index in [1.165, 1.54) is 70.9 Å². The van der Waals surface area contributed by atoms with Crippen LogP contribution in [0.25, 0.3) is 0 Å². The molecule has 2 saturated carbocycles. The first-order valence-corrected chi connectivity index (χ1v) is 8.30. The highest BCUT2D eigenvalue weighted by molar-refractivity contribution is 4.82. The summed E-state index contributed by atoms with van der Waals surface area (Å²) in [6, 6.07) is 2.39. The van der Waals surface area contributed by atoms with Crippen LogP contribution in [0.4, 0.5) is 0 Å². The van der Waals surface area contributed by atoms with E-state index in [1.807, 2.05) is 0 Å². The summed E-state index contributed by atoms with van der Waals surface area (Å²) in [5.41, 5.74) is 0. The zero-order chi connectivity index (χ0) is 12.8. The topological polar surface area (TPSA) is 15.3 Å². The molecule has 0 aliphatic heterocycles. The van der Waals surface area contributed by atoms with E-state index >= 15 is 0 Å². The van der Waals surface area contributed by atoms with Gasteiger partial charge in [0, 0.05) is 24.7 Å². The van der Waals surface area contributed by atoms with Crippen LogP contribution < -0.4 is 5.32 Å². The summed E-state index contributed by atoms with van der Waals surface area (Å²) in [5, 5.41) is 3.79. The first-order chi connectivity index (χ1) is 8.81. The minimum atomic E-state index is 0.707. The van der Waals surface area contributed by atoms with Gasteiger partial charge in [0.2, 0.25) is 0 Å². The van der Waals surface area contributed by atoms with Crippen molar-refractivity contribution in [1.29, 1.82) is 0 Å². The van der Waals surface area contributed by atoms with Crippen molar-refractivity contribution >= 4 is 0 Å². The summed E-state index contributed by atoms with van der Waals surface area (Å²) in [6.07, 6.45) is 12.9. The van der Waals surface area contributed by atoms with E-state index in [-0.39, 0.29) is 0 Å². The molecule has 2 rings (SSSR count). The first-order valence-electron chi connectivity index (χ1n) is 8.30. The van der Waals surface area contributed by atoms with Gasteiger partial charge in [0.05, 0.1) is 0 Å². The normalized spacial score (nSPS) is 24.8. The van der Waals surface area contributed by atoms with Crippen molar-refractivity contribution in [2.45, 2.75) is 89.8 Å². The molecule has 2 heteroatoms. The summed E-state index contributed by atoms with van der Waals surface area (Å²) in [5.74, 6) is 0. The molecule has 2 fully saturated rings. The third kappa shape index (κ3) is 3.96. The van der Waals surface area contributed by atoms with Gasteiger partial charge in [0.1, 0.15) is 0 Å². The second-order valence-corrected chi connectivity index (χ2v) is 6.36. The second kappa shape index (κ2) is 7.49. The van der Waals surface area contributed by atoms with Crippen LogP contribution in [0, 0.1) is 0 Å². The molecule has 2 aliphatic rings. The van der Waals surface area contributed by atoms with Crippen LogP contribution in [0.3, 0.4) is 0 Å². The molecule has 0 aromatic heterocycles. The van der Waals surface area contributed by atoms with Crippen LogP contribution in [-0.2, 0) is 0 Å². The molecular formula is C16H32N2. The monoisotopic (exact) mass is 252 g/mol. The fourth-order valence-corrected chi connectivity index (χ4v) is 3.93. The van der Waals surface area contributed by atoms with E-state index in [4.69, 9.17) is 0 Å². The van der Waals surface area contributed by atoms with Crippen LogP contribution in [-0.4, -0.2) is 36.1 Å². The van der Waals surface area contributed by atoms with Gasteiger partial charge in [-0.05, 0) is 39.2 Å². The Kier molecular flexibility index (Phi) is 5.97. The maximum atomic E-state index is 3.79. The predicted molar refractivity (Wildman–Crippen MR) is 79.0 cm³/mol. The Labute approximate surface area is 114 Å². The van der Waals surface area contributed by atoms with Crippen LogP contribution in [0.2, 0.25) is 0 Å². The smallest absolute Gasteiger partial charge is 0.0195 e. The first kappa shape index (κ1) is 14.3. The Bertz CT molecular complexity index is 217. The molecule has 1 unspecified atom stereocenters. The SMILES string of the molecule is CCN(C(C)CNC1CCCC1)C1CCCCC1. The van der Waals surface area contributed by atoms with Crippen molar-refractivity contribution in [3.8, 4) is 0 Å². The molecular weight excluding hydrogens is 220 g/mol. The van der Waals surface area contributed by atoms with Crippen molar-refractivity contribution in [2.75, 3.05) is 13.1 Å². The lowest BCUT2D eigenvalue weighted by atomic mass is 9.93. The molecule has 106 valence electrons. The Hall–Kier alpha value is -0.0800. The lowest BCUT2D eigenvalue weighted by Gasteiger charge is -2.38. The van der Waals surface area contributed by atoms with Crippen molar-refractivity contribution in [1.82, 2.24) is 10.2 Å². The van der Waals surface area contributed by atoms with Crippen LogP contribution in [0.1, 0.15) is 71.6 Å². The van der Waals surface area contributed by atoms with Gasteiger partial charge in [-0.2, -0.15) is 0 Å². The number of nitrogens with one attached hydrogen (secondary N) is 1. The van der Waals surface area contributed by atoms with Gasteiger partial charge in [-0.25, -0.2) is 0 Å². The fourth-order valence-electron chi connectivity index (χ4n) is 3.93. The molecule has 0 amide bonds. The molecule has 0 heterocycles. The van der Waals surface area contributed by atoms with Crippen molar-refractivity contribution in [3.63, 3.8) is 0 Å². The number of hydrogen-bond acceptors (Lipinski definition) is 2. The van der Waals surface area contributed by atoms with E-state index in [0.717, 1.165) is 12.1 Å². The summed E-state index contributed by atoms with van der Waals surface area (Å²) >= 11 is 0. The maximum Gasteiger partial charge on any atom is 0.0195 e. The minimum Gasteiger partial charge on any atom is -0.312 e. The van der Waals surface area contributed by atoms with Crippen molar-refractivity contribution < 1.29 is 0 Å². The van der Waals surface area contributed by atoms with E-state index in [1.54, 1.807) is 0 Å². The van der Waals surface area contributed by atoms with Gasteiger partial charge in [-0.3, -0.25) is 4.90 Å². The number of likely N-dealkylation sites (N-methyl/N-ethyl adjacent to an activating group) is 1. The molecule has 0 aromatic rings. The van der Waals surface area contributed by atoms with E-state index in [9.17, 15) is 0 Å². The number of hydrogen-bond donors (Lipinski definition) is 1. The largest absolute Gasteiger partial charge is 0.312 e. The minimum absolute atomic E-state index is 0.707. The Morgan fingerprint density at radius 1 is 1.00 bits per heavy atom. The quantitative estimate of drug-likeness (QED) is 0.777. The summed E-state index contributed by atoms with van der Waals surface area (Å²) in [6.45, 7) is 7.16. The molecule has 1 atom stereocenters. The standard InChI is InChI=1S/C16H32N2/c1-3-18(16-11-5-4-6-12-16)14(2)13-17-15-9-7-8-10-15/h14-17H,3-13H2,1-2H3. The van der Waals surface area contributed by atoms with Gasteiger partial charge < -0.3 is 5.32 Å². The van der Waals surface area contributed by atoms with E-state index in [0.29, 0.717) is 6.04 Å². The van der Waals surface area contributed by atoms with Gasteiger partial charge in [-0.1, -0.05) is 39.0 Å². The molecule has 0 bridgehead atoms. The molecule has 1 N–H and O–H groups in total. The number of nitrogens with zero attached hydrogens (tertiary/aromatic N) is 1. The highest BCUT2D eigenvalue weighted by Gasteiger charge is 2.24. The van der Waals surface area contributed by atoms with Crippen molar-refractivity contribution in [3.05, 3.63) is 0 Å². The van der Waals surface area contributed by atoms with Crippen LogP contribution >= 0.6 is 0 Å². The lowest BCUT2D eigenvalue weighted by molar-refractivity contribution is 0.116. The second-order valence-electron chi connectivity index (χ2n) is 6.36. The highest BCUT2D eigenvalue weighted by Crippen LogP contribution is 2.24. The van der Waals surface area contributed by atoms with Crippen LogP contribution in [0.5, 0.6) is 0 Å². The van der Waals surface area contributed by atoms with Crippen LogP contribution in [0.15, 0.2) is 0 Å². The van der Waals surface area contributed by atoms with Gasteiger partial charge >= 0.3 is 0 Å². The summed E-state index contributed by atoms with van der Waals surface area (Å²) in [4.78, 5) is 2.75. The third-order valence-electron chi connectivity index (χ3n) is 5.03. The summed E-state index contributed by atoms with van der Waals surface area (Å²) < 4.78 is 0. The molecule has 0 aromatic carbocycles. The third-order valence-corrected chi connectivity index (χ3v) is 5.03. The van der Waals surface area contributed by atoms with Gasteiger partial charge in [0.25, 0.3) is 0 Å². The summed E-state index contributed by atoms with van der Waals surface area (Å²) in [7, 11) is 0. The molecule has 0 radical (unpaired) electrons. The molecule has 0 spiro atoms. The number of rotatable bonds is 6. The zero-order valence-electron chi connectivity index (χ0n) is 12.5. The molecule has 2 nitrogen and oxygen atoms in total. The average Bonchev–Trinajstić information content (AvgIpc) is 2.92. The molecule has 2 aliphatic carbocycles. The Morgan fingerprint density at radius 3 is 2.22 bits per heavy atom. The lowest BCUT2D eigenvalue weighted by Crippen LogP contribution is -2.48. The van der Waals surface area contributed by atoms with E-state index in [2.05, 4.69) is 24.1 Å². The van der Waals surface area contributed by atoms with E-state index < -0.39 is 0 Å². The highest BCUT2D eigenvalue weighted by atomic mass is 15.2. The Balaban J connectivity index is 1.74. The predicted octanol–water partition coefficient (Wildman–Crippen LogP) is 3.56. The van der Waals surface area contributed by atoms with Gasteiger partial charge in [0.15, 0.2) is 0 Å². The molecule has 18 heavy (non-hydrogen) atoms. The average molecular weight is 252 g/mol.